The molecule has 8 heteroatoms. The fourth-order valence-corrected chi connectivity index (χ4v) is 5.66. The summed E-state index contributed by atoms with van der Waals surface area (Å²) in [5, 5.41) is 0. The standard InChI is InChI=1S/C17H20O6S2/c1-13-5-9-16(10-6-13)25(19,20)23-24(3,4)15-11-7-14(8-12-15)22-17(18)21-2/h5-12H,1-4H3. The summed E-state index contributed by atoms with van der Waals surface area (Å²) in [5.74, 6) is 0.298. The van der Waals surface area contributed by atoms with E-state index in [2.05, 4.69) is 4.74 Å². The first-order valence-corrected chi connectivity index (χ1v) is 11.0. The van der Waals surface area contributed by atoms with Gasteiger partial charge in [0.2, 0.25) is 0 Å². The Labute approximate surface area is 149 Å². The Bertz CT molecular complexity index is 840. The molecule has 6 nitrogen and oxygen atoms in total. The Morgan fingerprint density at radius 1 is 0.880 bits per heavy atom. The zero-order valence-corrected chi connectivity index (χ0v) is 16.0. The van der Waals surface area contributed by atoms with E-state index in [1.165, 1.54) is 19.2 Å². The Morgan fingerprint density at radius 3 is 1.92 bits per heavy atom. The van der Waals surface area contributed by atoms with Crippen molar-refractivity contribution < 1.29 is 26.3 Å². The minimum absolute atomic E-state index is 0.115. The van der Waals surface area contributed by atoms with Gasteiger partial charge < -0.3 is 9.47 Å². The summed E-state index contributed by atoms with van der Waals surface area (Å²) < 4.78 is 39.8. The molecule has 136 valence electrons. The minimum Gasteiger partial charge on any atom is -0.437 e. The predicted octanol–water partition coefficient (Wildman–Crippen LogP) is 3.88. The van der Waals surface area contributed by atoms with E-state index in [1.54, 1.807) is 48.9 Å². The van der Waals surface area contributed by atoms with Crippen LogP contribution >= 0.6 is 10.3 Å². The molecule has 0 saturated heterocycles. The molecule has 0 atom stereocenters. The molecule has 25 heavy (non-hydrogen) atoms. The fraction of sp³-hybridized carbons (Fsp3) is 0.235. The topological polar surface area (TPSA) is 78.9 Å². The summed E-state index contributed by atoms with van der Waals surface area (Å²) in [6.45, 7) is 1.88. The van der Waals surface area contributed by atoms with Crippen molar-refractivity contribution in [1.29, 1.82) is 0 Å². The summed E-state index contributed by atoms with van der Waals surface area (Å²) >= 11 is 0. The SMILES string of the molecule is COC(=O)Oc1ccc(S(C)(C)OS(=O)(=O)c2ccc(C)cc2)cc1. The third-order valence-corrected chi connectivity index (χ3v) is 7.66. The van der Waals surface area contributed by atoms with Gasteiger partial charge in [0.05, 0.1) is 12.0 Å². The Kier molecular flexibility index (Phi) is 5.76. The van der Waals surface area contributed by atoms with E-state index in [4.69, 9.17) is 8.37 Å². The van der Waals surface area contributed by atoms with Gasteiger partial charge in [0.25, 0.3) is 0 Å². The predicted molar refractivity (Wildman–Crippen MR) is 96.6 cm³/mol. The van der Waals surface area contributed by atoms with Gasteiger partial charge in [0.15, 0.2) is 0 Å². The molecule has 0 radical (unpaired) electrons. The van der Waals surface area contributed by atoms with Crippen molar-refractivity contribution in [3.05, 3.63) is 54.1 Å². The molecule has 0 aliphatic rings. The average molecular weight is 384 g/mol. The summed E-state index contributed by atoms with van der Waals surface area (Å²) in [6, 6.07) is 12.9. The van der Waals surface area contributed by atoms with E-state index in [1.807, 2.05) is 6.92 Å². The van der Waals surface area contributed by atoms with Gasteiger partial charge in [-0.1, -0.05) is 28.0 Å². The molecule has 0 amide bonds. The highest BCUT2D eigenvalue weighted by molar-refractivity contribution is 8.32. The summed E-state index contributed by atoms with van der Waals surface area (Å²) in [7, 11) is -4.75. The van der Waals surface area contributed by atoms with Gasteiger partial charge in [-0.05, 0) is 55.8 Å². The van der Waals surface area contributed by atoms with Gasteiger partial charge in [-0.15, -0.1) is 0 Å². The van der Waals surface area contributed by atoms with Crippen molar-refractivity contribution in [3.63, 3.8) is 0 Å². The number of hydrogen-bond donors (Lipinski definition) is 0. The van der Waals surface area contributed by atoms with Crippen molar-refractivity contribution >= 4 is 26.6 Å². The number of hydrogen-bond acceptors (Lipinski definition) is 6. The maximum absolute atomic E-state index is 12.5. The summed E-state index contributed by atoms with van der Waals surface area (Å²) in [4.78, 5) is 11.9. The number of benzene rings is 2. The number of carbonyl (C=O) groups is 1. The van der Waals surface area contributed by atoms with Gasteiger partial charge in [-0.25, -0.2) is 8.42 Å². The monoisotopic (exact) mass is 384 g/mol. The maximum atomic E-state index is 12.5. The number of ether oxygens (including phenoxy) is 2. The normalized spacial score (nSPS) is 12.5. The first kappa shape index (κ1) is 19.3. The van der Waals surface area contributed by atoms with Crippen LogP contribution in [0.1, 0.15) is 5.56 Å². The molecule has 2 aromatic carbocycles. The Hall–Kier alpha value is -2.03. The molecule has 0 saturated carbocycles. The molecule has 2 rings (SSSR count). The second kappa shape index (κ2) is 7.47. The van der Waals surface area contributed by atoms with E-state index < -0.39 is 26.6 Å². The van der Waals surface area contributed by atoms with Crippen LogP contribution in [-0.2, 0) is 18.5 Å². The molecule has 0 unspecified atom stereocenters. The highest BCUT2D eigenvalue weighted by Crippen LogP contribution is 2.52. The lowest BCUT2D eigenvalue weighted by Gasteiger charge is -2.30. The van der Waals surface area contributed by atoms with E-state index in [0.717, 1.165) is 5.56 Å². The van der Waals surface area contributed by atoms with Crippen molar-refractivity contribution in [3.8, 4) is 5.75 Å². The molecule has 2 aromatic rings. The Morgan fingerprint density at radius 2 is 1.40 bits per heavy atom. The van der Waals surface area contributed by atoms with Crippen molar-refractivity contribution in [1.82, 2.24) is 0 Å². The maximum Gasteiger partial charge on any atom is 0.513 e. The lowest BCUT2D eigenvalue weighted by atomic mass is 10.2. The molecule has 0 N–H and O–H groups in total. The third kappa shape index (κ3) is 4.97. The highest BCUT2D eigenvalue weighted by Gasteiger charge is 2.26. The van der Waals surface area contributed by atoms with Crippen LogP contribution in [-0.4, -0.2) is 34.2 Å². The number of carbonyl (C=O) groups excluding carboxylic acids is 1. The van der Waals surface area contributed by atoms with Crippen molar-refractivity contribution in [2.45, 2.75) is 16.7 Å². The molecule has 0 aromatic heterocycles. The summed E-state index contributed by atoms with van der Waals surface area (Å²) in [6.07, 6.45) is 2.64. The van der Waals surface area contributed by atoms with Crippen LogP contribution in [0.5, 0.6) is 5.75 Å². The third-order valence-electron chi connectivity index (χ3n) is 3.33. The van der Waals surface area contributed by atoms with Gasteiger partial charge >= 0.3 is 16.3 Å². The molecule has 0 aliphatic carbocycles. The number of methoxy groups -OCH3 is 1. The van der Waals surface area contributed by atoms with Gasteiger partial charge in [-0.3, -0.25) is 0 Å². The van der Waals surface area contributed by atoms with Gasteiger partial charge in [0, 0.05) is 4.90 Å². The number of rotatable bonds is 5. The second-order valence-electron chi connectivity index (χ2n) is 5.60. The van der Waals surface area contributed by atoms with Crippen LogP contribution < -0.4 is 4.74 Å². The Balaban J connectivity index is 2.20. The van der Waals surface area contributed by atoms with Crippen LogP contribution in [0.4, 0.5) is 4.79 Å². The smallest absolute Gasteiger partial charge is 0.437 e. The molecular weight excluding hydrogens is 364 g/mol. The quantitative estimate of drug-likeness (QED) is 0.575. The van der Waals surface area contributed by atoms with E-state index >= 15 is 0 Å². The zero-order chi connectivity index (χ0) is 18.7. The van der Waals surface area contributed by atoms with Crippen molar-refractivity contribution in [2.24, 2.45) is 0 Å². The second-order valence-corrected chi connectivity index (χ2v) is 10.5. The van der Waals surface area contributed by atoms with Crippen LogP contribution in [0.3, 0.4) is 0 Å². The van der Waals surface area contributed by atoms with Crippen LogP contribution in [0.25, 0.3) is 0 Å². The minimum atomic E-state index is -3.88. The van der Waals surface area contributed by atoms with Crippen molar-refractivity contribution in [2.75, 3.05) is 19.6 Å². The van der Waals surface area contributed by atoms with E-state index in [9.17, 15) is 13.2 Å². The van der Waals surface area contributed by atoms with Gasteiger partial charge in [-0.2, -0.15) is 8.42 Å². The zero-order valence-electron chi connectivity index (χ0n) is 14.4. The fourth-order valence-electron chi connectivity index (χ4n) is 1.98. The lowest BCUT2D eigenvalue weighted by molar-refractivity contribution is 0.121. The molecular formula is C17H20O6S2. The van der Waals surface area contributed by atoms with Crippen LogP contribution in [0, 0.1) is 6.92 Å². The van der Waals surface area contributed by atoms with Gasteiger partial charge in [0.1, 0.15) is 5.75 Å². The lowest BCUT2D eigenvalue weighted by Crippen LogP contribution is -2.11. The van der Waals surface area contributed by atoms with Crippen LogP contribution in [0.15, 0.2) is 58.3 Å². The first-order valence-electron chi connectivity index (χ1n) is 7.26. The average Bonchev–Trinajstić information content (AvgIpc) is 2.54. The molecule has 0 spiro atoms. The molecule has 0 aliphatic heterocycles. The largest absolute Gasteiger partial charge is 0.513 e. The van der Waals surface area contributed by atoms with Crippen LogP contribution in [0.2, 0.25) is 0 Å². The number of aryl methyl sites for hydroxylation is 1. The summed E-state index contributed by atoms with van der Waals surface area (Å²) in [5.41, 5.74) is 0.965. The highest BCUT2D eigenvalue weighted by atomic mass is 32.3. The van der Waals surface area contributed by atoms with E-state index in [0.29, 0.717) is 10.6 Å². The molecule has 0 bridgehead atoms. The molecule has 0 heterocycles. The molecule has 0 fully saturated rings. The van der Waals surface area contributed by atoms with E-state index in [-0.39, 0.29) is 4.90 Å². The first-order chi connectivity index (χ1) is 11.6.